The van der Waals surface area contributed by atoms with E-state index in [1.165, 1.54) is 0 Å². The lowest BCUT2D eigenvalue weighted by atomic mass is 10.6. The molecule has 0 saturated carbocycles. The van der Waals surface area contributed by atoms with Gasteiger partial charge in [0.05, 0.1) is 0 Å². The highest BCUT2D eigenvalue weighted by Gasteiger charge is 1.68. The molecule has 0 spiro atoms. The zero-order valence-corrected chi connectivity index (χ0v) is 5.78. The highest BCUT2D eigenvalue weighted by molar-refractivity contribution is 9.09. The van der Waals surface area contributed by atoms with Crippen molar-refractivity contribution in [1.29, 1.82) is 0 Å². The second-order valence-electron chi connectivity index (χ2n) is 0.644. The molecule has 0 aromatic heterocycles. The largest absolute Gasteiger partial charge is 0.303 e. The fourth-order valence-corrected chi connectivity index (χ4v) is 0.231. The molecule has 0 fully saturated rings. The van der Waals surface area contributed by atoms with Gasteiger partial charge in [-0.1, -0.05) is 15.9 Å². The van der Waals surface area contributed by atoms with E-state index >= 15 is 0 Å². The maximum Gasteiger partial charge on any atom is 0.120 e. The predicted molar refractivity (Wildman–Crippen MR) is 35.7 cm³/mol. The maximum atomic E-state index is 9.37. The lowest BCUT2D eigenvalue weighted by molar-refractivity contribution is -0.107. The Morgan fingerprint density at radius 1 is 1.57 bits per heavy atom. The number of aldehydes is 1. The van der Waals surface area contributed by atoms with E-state index in [1.807, 2.05) is 0 Å². The second-order valence-corrected chi connectivity index (χ2v) is 1.44. The molecule has 0 saturated heterocycles. The molecule has 2 heteroatoms. The van der Waals surface area contributed by atoms with E-state index in [0.717, 1.165) is 11.6 Å². The standard InChI is InChI=1S/C3H5BrO.C2H4/c4-2-1-3-5;1-2/h3H,1-2H2;1-2H2. The van der Waals surface area contributed by atoms with E-state index in [0.29, 0.717) is 6.42 Å². The van der Waals surface area contributed by atoms with E-state index in [-0.39, 0.29) is 0 Å². The Balaban J connectivity index is 0. The molecule has 0 N–H and O–H groups in total. The van der Waals surface area contributed by atoms with E-state index in [1.54, 1.807) is 0 Å². The third kappa shape index (κ3) is 25.0. The Hall–Kier alpha value is -0.110. The number of hydrogen-bond donors (Lipinski definition) is 0. The second kappa shape index (κ2) is 16.9. The minimum absolute atomic E-state index is 0.625. The summed E-state index contributed by atoms with van der Waals surface area (Å²) in [5.74, 6) is 0. The summed E-state index contributed by atoms with van der Waals surface area (Å²) in [5.41, 5.74) is 0. The van der Waals surface area contributed by atoms with Crippen molar-refractivity contribution in [1.82, 2.24) is 0 Å². The fraction of sp³-hybridized carbons (Fsp3) is 0.400. The summed E-state index contributed by atoms with van der Waals surface area (Å²) >= 11 is 3.08. The van der Waals surface area contributed by atoms with Crippen molar-refractivity contribution in [2.24, 2.45) is 0 Å². The first-order valence-electron chi connectivity index (χ1n) is 1.91. The summed E-state index contributed by atoms with van der Waals surface area (Å²) in [6, 6.07) is 0. The number of carbonyl (C=O) groups is 1. The van der Waals surface area contributed by atoms with Crippen molar-refractivity contribution in [3.8, 4) is 0 Å². The van der Waals surface area contributed by atoms with Gasteiger partial charge in [0.2, 0.25) is 0 Å². The Bertz CT molecular complexity index is 37.1. The summed E-state index contributed by atoms with van der Waals surface area (Å²) in [5, 5.41) is 0.788. The van der Waals surface area contributed by atoms with Crippen LogP contribution in [-0.4, -0.2) is 11.6 Å². The molecule has 0 amide bonds. The molecular weight excluding hydrogens is 156 g/mol. The van der Waals surface area contributed by atoms with E-state index in [9.17, 15) is 4.79 Å². The molecule has 7 heavy (non-hydrogen) atoms. The van der Waals surface area contributed by atoms with E-state index in [4.69, 9.17) is 0 Å². The molecule has 0 aliphatic carbocycles. The lowest BCUT2D eigenvalue weighted by Gasteiger charge is -1.66. The molecule has 0 rings (SSSR count). The molecule has 0 aromatic rings. The Morgan fingerprint density at radius 3 is 2.00 bits per heavy atom. The highest BCUT2D eigenvalue weighted by atomic mass is 79.9. The number of hydrogen-bond acceptors (Lipinski definition) is 1. The minimum Gasteiger partial charge on any atom is -0.303 e. The topological polar surface area (TPSA) is 17.1 Å². The molecule has 42 valence electrons. The van der Waals surface area contributed by atoms with Crippen LogP contribution in [0.3, 0.4) is 0 Å². The lowest BCUT2D eigenvalue weighted by Crippen LogP contribution is -1.69. The van der Waals surface area contributed by atoms with Gasteiger partial charge in [-0.25, -0.2) is 0 Å². The number of carbonyl (C=O) groups excluding carboxylic acids is 1. The number of alkyl halides is 1. The third-order valence-electron chi connectivity index (χ3n) is 0.227. The SMILES string of the molecule is C=C.O=CCCBr. The first kappa shape index (κ1) is 10.00. The van der Waals surface area contributed by atoms with Gasteiger partial charge < -0.3 is 4.79 Å². The van der Waals surface area contributed by atoms with Gasteiger partial charge in [0.15, 0.2) is 0 Å². The number of halogens is 1. The molecule has 0 radical (unpaired) electrons. The summed E-state index contributed by atoms with van der Waals surface area (Å²) in [6.45, 7) is 6.00. The third-order valence-corrected chi connectivity index (χ3v) is 0.685. The van der Waals surface area contributed by atoms with Gasteiger partial charge in [0.1, 0.15) is 6.29 Å². The van der Waals surface area contributed by atoms with Gasteiger partial charge in [-0.05, 0) is 0 Å². The van der Waals surface area contributed by atoms with Crippen LogP contribution in [0.2, 0.25) is 0 Å². The highest BCUT2D eigenvalue weighted by Crippen LogP contribution is 1.79. The first-order valence-corrected chi connectivity index (χ1v) is 3.03. The van der Waals surface area contributed by atoms with E-state index < -0.39 is 0 Å². The average Bonchev–Trinajstić information content (AvgIpc) is 1.75. The Labute approximate surface area is 52.5 Å². The summed E-state index contributed by atoms with van der Waals surface area (Å²) < 4.78 is 0. The Kier molecular flexibility index (Phi) is 24.1. The molecule has 0 bridgehead atoms. The van der Waals surface area contributed by atoms with Crippen LogP contribution >= 0.6 is 15.9 Å². The maximum absolute atomic E-state index is 9.37. The zero-order chi connectivity index (χ0) is 6.12. The summed E-state index contributed by atoms with van der Waals surface area (Å²) in [4.78, 5) is 9.37. The van der Waals surface area contributed by atoms with Crippen LogP contribution in [0.1, 0.15) is 6.42 Å². The molecule has 0 atom stereocenters. The quantitative estimate of drug-likeness (QED) is 0.346. The van der Waals surface area contributed by atoms with Crippen LogP contribution in [0.25, 0.3) is 0 Å². The van der Waals surface area contributed by atoms with Crippen molar-refractivity contribution in [3.63, 3.8) is 0 Å². The number of rotatable bonds is 2. The van der Waals surface area contributed by atoms with Crippen LogP contribution in [0, 0.1) is 0 Å². The van der Waals surface area contributed by atoms with Crippen molar-refractivity contribution in [2.45, 2.75) is 6.42 Å². The zero-order valence-electron chi connectivity index (χ0n) is 4.19. The van der Waals surface area contributed by atoms with Gasteiger partial charge >= 0.3 is 0 Å². The fourth-order valence-electron chi connectivity index (χ4n) is 0.0445. The summed E-state index contributed by atoms with van der Waals surface area (Å²) in [7, 11) is 0. The average molecular weight is 165 g/mol. The molecular formula is C5H9BrO. The first-order chi connectivity index (χ1) is 3.41. The molecule has 0 aromatic carbocycles. The van der Waals surface area contributed by atoms with Crippen molar-refractivity contribution >= 4 is 22.2 Å². The van der Waals surface area contributed by atoms with Crippen molar-refractivity contribution < 1.29 is 4.79 Å². The normalized spacial score (nSPS) is 5.86. The van der Waals surface area contributed by atoms with Crippen LogP contribution in [0.4, 0.5) is 0 Å². The van der Waals surface area contributed by atoms with Gasteiger partial charge in [-0.15, -0.1) is 13.2 Å². The molecule has 0 aliphatic heterocycles. The molecule has 0 unspecified atom stereocenters. The van der Waals surface area contributed by atoms with Crippen LogP contribution in [0.15, 0.2) is 13.2 Å². The molecule has 0 aliphatic rings. The van der Waals surface area contributed by atoms with Gasteiger partial charge in [-0.2, -0.15) is 0 Å². The molecule has 1 nitrogen and oxygen atoms in total. The van der Waals surface area contributed by atoms with E-state index in [2.05, 4.69) is 29.1 Å². The molecule has 0 heterocycles. The Morgan fingerprint density at radius 2 is 2.00 bits per heavy atom. The van der Waals surface area contributed by atoms with Crippen molar-refractivity contribution in [2.75, 3.05) is 5.33 Å². The van der Waals surface area contributed by atoms with Gasteiger partial charge in [-0.3, -0.25) is 0 Å². The van der Waals surface area contributed by atoms with Crippen LogP contribution in [-0.2, 0) is 4.79 Å². The summed E-state index contributed by atoms with van der Waals surface area (Å²) in [6.07, 6.45) is 1.51. The van der Waals surface area contributed by atoms with Crippen LogP contribution in [0.5, 0.6) is 0 Å². The monoisotopic (exact) mass is 164 g/mol. The smallest absolute Gasteiger partial charge is 0.120 e. The van der Waals surface area contributed by atoms with Crippen molar-refractivity contribution in [3.05, 3.63) is 13.2 Å². The minimum atomic E-state index is 0.625. The van der Waals surface area contributed by atoms with Crippen LogP contribution < -0.4 is 0 Å². The predicted octanol–water partition coefficient (Wildman–Crippen LogP) is 1.77. The van der Waals surface area contributed by atoms with Gasteiger partial charge in [0.25, 0.3) is 0 Å². The van der Waals surface area contributed by atoms with Gasteiger partial charge in [0, 0.05) is 11.8 Å².